The van der Waals surface area contributed by atoms with E-state index in [9.17, 15) is 9.59 Å². The van der Waals surface area contributed by atoms with Crippen molar-refractivity contribution in [3.8, 4) is 0 Å². The molecule has 0 unspecified atom stereocenters. The number of benzene rings is 1. The first kappa shape index (κ1) is 10.7. The molecule has 1 aliphatic rings. The van der Waals surface area contributed by atoms with Crippen LogP contribution in [0.25, 0.3) is 0 Å². The molecule has 15 heavy (non-hydrogen) atoms. The molecule has 1 aromatic rings. The average Bonchev–Trinajstić information content (AvgIpc) is 2.49. The molecule has 1 aromatic carbocycles. The zero-order valence-corrected chi connectivity index (χ0v) is 10.5. The highest BCUT2D eigenvalue weighted by Crippen LogP contribution is 2.21. The number of imide groups is 1. The molecular weight excluding hydrogens is 327 g/mol. The van der Waals surface area contributed by atoms with Crippen molar-refractivity contribution in [2.75, 3.05) is 5.32 Å². The van der Waals surface area contributed by atoms with E-state index >= 15 is 0 Å². The molecule has 78 valence electrons. The fourth-order valence-corrected chi connectivity index (χ4v) is 2.24. The molecule has 0 radical (unpaired) electrons. The summed E-state index contributed by atoms with van der Waals surface area (Å²) in [6.07, 6.45) is 0. The summed E-state index contributed by atoms with van der Waals surface area (Å²) in [5.41, 5.74) is 0.831. The molecule has 1 heterocycles. The summed E-state index contributed by atoms with van der Waals surface area (Å²) in [5.74, 6) is -0.288. The first-order valence-electron chi connectivity index (χ1n) is 4.19. The predicted octanol–water partition coefficient (Wildman–Crippen LogP) is 2.01. The van der Waals surface area contributed by atoms with E-state index in [1.165, 1.54) is 0 Å². The lowest BCUT2D eigenvalue weighted by molar-refractivity contribution is -0.118. The Balaban J connectivity index is 2.06. The zero-order chi connectivity index (χ0) is 10.8. The largest absolute Gasteiger partial charge is 0.365 e. The Bertz CT molecular complexity index is 407. The van der Waals surface area contributed by atoms with Gasteiger partial charge in [0.25, 0.3) is 11.1 Å². The number of halogens is 1. The van der Waals surface area contributed by atoms with Gasteiger partial charge in [0.05, 0.1) is 0 Å². The smallest absolute Gasteiger partial charge is 0.288 e. The Kier molecular flexibility index (Phi) is 3.15. The van der Waals surface area contributed by atoms with Gasteiger partial charge in [0.1, 0.15) is 0 Å². The van der Waals surface area contributed by atoms with E-state index in [2.05, 4.69) is 33.2 Å². The number of nitrogens with one attached hydrogen (secondary N) is 2. The average molecular weight is 334 g/mol. The highest BCUT2D eigenvalue weighted by Gasteiger charge is 2.31. The van der Waals surface area contributed by atoms with Crippen molar-refractivity contribution in [1.29, 1.82) is 0 Å². The van der Waals surface area contributed by atoms with Gasteiger partial charge in [-0.3, -0.25) is 14.9 Å². The van der Waals surface area contributed by atoms with Crippen LogP contribution in [0.15, 0.2) is 24.3 Å². The van der Waals surface area contributed by atoms with Crippen LogP contribution in [0, 0.1) is 3.57 Å². The minimum Gasteiger partial charge on any atom is -0.365 e. The van der Waals surface area contributed by atoms with Crippen LogP contribution < -0.4 is 10.6 Å². The monoisotopic (exact) mass is 334 g/mol. The van der Waals surface area contributed by atoms with Gasteiger partial charge in [-0.1, -0.05) is 0 Å². The van der Waals surface area contributed by atoms with Crippen molar-refractivity contribution >= 4 is 51.2 Å². The quantitative estimate of drug-likeness (QED) is 0.813. The molecule has 4 nitrogen and oxygen atoms in total. The maximum Gasteiger partial charge on any atom is 0.288 e. The maximum absolute atomic E-state index is 11.2. The van der Waals surface area contributed by atoms with Crippen LogP contribution in [0.3, 0.4) is 0 Å². The van der Waals surface area contributed by atoms with Gasteiger partial charge in [-0.05, 0) is 58.6 Å². The molecule has 2 N–H and O–H groups in total. The highest BCUT2D eigenvalue weighted by molar-refractivity contribution is 14.1. The van der Waals surface area contributed by atoms with Crippen LogP contribution >= 0.6 is 34.4 Å². The van der Waals surface area contributed by atoms with Gasteiger partial charge in [0.2, 0.25) is 0 Å². The molecule has 1 aliphatic heterocycles. The number of carbonyl (C=O) groups excluding carboxylic acids is 2. The number of anilines is 1. The fourth-order valence-electron chi connectivity index (χ4n) is 1.15. The van der Waals surface area contributed by atoms with Crippen LogP contribution in [0.5, 0.6) is 0 Å². The first-order chi connectivity index (χ1) is 7.15. The van der Waals surface area contributed by atoms with Crippen LogP contribution in [0.2, 0.25) is 0 Å². The molecule has 0 aliphatic carbocycles. The molecule has 2 rings (SSSR count). The van der Waals surface area contributed by atoms with Gasteiger partial charge in [0.15, 0.2) is 5.37 Å². The van der Waals surface area contributed by atoms with Crippen molar-refractivity contribution in [2.45, 2.75) is 5.37 Å². The Hall–Kier alpha value is -0.760. The van der Waals surface area contributed by atoms with Gasteiger partial charge >= 0.3 is 0 Å². The minimum atomic E-state index is -0.516. The topological polar surface area (TPSA) is 58.2 Å². The summed E-state index contributed by atoms with van der Waals surface area (Å²) in [7, 11) is 0. The number of thioether (sulfide) groups is 1. The van der Waals surface area contributed by atoms with Crippen LogP contribution in [-0.4, -0.2) is 16.5 Å². The summed E-state index contributed by atoms with van der Waals surface area (Å²) in [5, 5.41) is 4.38. The number of hydrogen-bond acceptors (Lipinski definition) is 4. The molecular formula is C9H7IN2O2S. The van der Waals surface area contributed by atoms with Gasteiger partial charge in [-0.15, -0.1) is 0 Å². The summed E-state index contributed by atoms with van der Waals surface area (Å²) in [4.78, 5) is 22.1. The number of carbonyl (C=O) groups is 2. The van der Waals surface area contributed by atoms with Crippen molar-refractivity contribution in [3.05, 3.63) is 27.8 Å². The van der Waals surface area contributed by atoms with Gasteiger partial charge in [-0.2, -0.15) is 0 Å². The van der Waals surface area contributed by atoms with Gasteiger partial charge in [0, 0.05) is 9.26 Å². The molecule has 6 heteroatoms. The molecule has 1 fully saturated rings. The fraction of sp³-hybridized carbons (Fsp3) is 0.111. The third-order valence-electron chi connectivity index (χ3n) is 1.83. The Labute approximate surface area is 104 Å². The van der Waals surface area contributed by atoms with Crippen LogP contribution in [0.1, 0.15) is 0 Å². The molecule has 0 spiro atoms. The van der Waals surface area contributed by atoms with E-state index in [1.54, 1.807) is 0 Å². The van der Waals surface area contributed by atoms with E-state index in [-0.39, 0.29) is 11.1 Å². The lowest BCUT2D eigenvalue weighted by Gasteiger charge is -2.09. The van der Waals surface area contributed by atoms with Crippen LogP contribution in [-0.2, 0) is 4.79 Å². The summed E-state index contributed by atoms with van der Waals surface area (Å²) in [6.45, 7) is 0. The Morgan fingerprint density at radius 2 is 1.93 bits per heavy atom. The molecule has 1 atom stereocenters. The molecule has 0 aromatic heterocycles. The second-order valence-corrected chi connectivity index (χ2v) is 5.25. The second kappa shape index (κ2) is 4.40. The normalized spacial score (nSPS) is 20.2. The Morgan fingerprint density at radius 1 is 1.27 bits per heavy atom. The van der Waals surface area contributed by atoms with Crippen LogP contribution in [0.4, 0.5) is 10.5 Å². The third-order valence-corrected chi connectivity index (χ3v) is 3.43. The third kappa shape index (κ3) is 2.63. The first-order valence-corrected chi connectivity index (χ1v) is 6.14. The van der Waals surface area contributed by atoms with Crippen molar-refractivity contribution in [2.24, 2.45) is 0 Å². The van der Waals surface area contributed by atoms with Gasteiger partial charge < -0.3 is 5.32 Å². The maximum atomic E-state index is 11.2. The van der Waals surface area contributed by atoms with Gasteiger partial charge in [-0.25, -0.2) is 0 Å². The Morgan fingerprint density at radius 3 is 2.47 bits per heavy atom. The summed E-state index contributed by atoms with van der Waals surface area (Å²) in [6, 6.07) is 7.61. The summed E-state index contributed by atoms with van der Waals surface area (Å²) >= 11 is 3.16. The molecule has 2 amide bonds. The zero-order valence-electron chi connectivity index (χ0n) is 7.49. The summed E-state index contributed by atoms with van der Waals surface area (Å²) < 4.78 is 1.12. The molecule has 0 bridgehead atoms. The van der Waals surface area contributed by atoms with E-state index in [0.717, 1.165) is 21.0 Å². The number of hydrogen-bond donors (Lipinski definition) is 2. The standard InChI is InChI=1S/C9H7IN2O2S/c10-5-1-3-6(4-2-5)11-8-7(13)12-9(14)15-8/h1-4,8,11H,(H,12,13,14)/t8-/m1/s1. The van der Waals surface area contributed by atoms with Crippen molar-refractivity contribution < 1.29 is 9.59 Å². The molecule has 1 saturated heterocycles. The lowest BCUT2D eigenvalue weighted by atomic mass is 10.3. The van der Waals surface area contributed by atoms with E-state index in [0.29, 0.717) is 0 Å². The highest BCUT2D eigenvalue weighted by atomic mass is 127. The minimum absolute atomic E-state index is 0.288. The number of rotatable bonds is 2. The van der Waals surface area contributed by atoms with E-state index in [1.807, 2.05) is 24.3 Å². The SMILES string of the molecule is O=C1NC(=O)[C@H](Nc2ccc(I)cc2)S1. The van der Waals surface area contributed by atoms with E-state index in [4.69, 9.17) is 0 Å². The predicted molar refractivity (Wildman–Crippen MR) is 67.7 cm³/mol. The van der Waals surface area contributed by atoms with Crippen molar-refractivity contribution in [3.63, 3.8) is 0 Å². The molecule has 0 saturated carbocycles. The lowest BCUT2D eigenvalue weighted by Crippen LogP contribution is -2.29. The van der Waals surface area contributed by atoms with Crippen molar-refractivity contribution in [1.82, 2.24) is 5.32 Å². The van der Waals surface area contributed by atoms with E-state index < -0.39 is 5.37 Å². The number of amides is 2. The second-order valence-electron chi connectivity index (χ2n) is 2.93.